The van der Waals surface area contributed by atoms with Crippen LogP contribution < -0.4 is 5.32 Å². The average Bonchev–Trinajstić information content (AvgIpc) is 2.32. The van der Waals surface area contributed by atoms with Crippen LogP contribution in [-0.2, 0) is 4.74 Å². The van der Waals surface area contributed by atoms with Gasteiger partial charge in [-0.15, -0.1) is 0 Å². The minimum Gasteiger partial charge on any atom is -0.380 e. The first-order chi connectivity index (χ1) is 7.72. The zero-order valence-electron chi connectivity index (χ0n) is 10.9. The Bertz CT molecular complexity index is 222. The first-order valence-electron chi connectivity index (χ1n) is 6.73. The number of likely N-dealkylation sites (tertiary alicyclic amines) is 1. The van der Waals surface area contributed by atoms with Gasteiger partial charge in [0.2, 0.25) is 0 Å². The van der Waals surface area contributed by atoms with Gasteiger partial charge in [-0.05, 0) is 39.2 Å². The molecular formula is C13H26N2O. The highest BCUT2D eigenvalue weighted by Gasteiger charge is 2.35. The van der Waals surface area contributed by atoms with Gasteiger partial charge >= 0.3 is 0 Å². The third-order valence-electron chi connectivity index (χ3n) is 4.29. The number of piperidine rings is 1. The van der Waals surface area contributed by atoms with E-state index in [2.05, 4.69) is 31.1 Å². The molecule has 2 aliphatic rings. The monoisotopic (exact) mass is 226 g/mol. The van der Waals surface area contributed by atoms with Gasteiger partial charge in [-0.2, -0.15) is 0 Å². The van der Waals surface area contributed by atoms with E-state index in [1.807, 2.05) is 0 Å². The second-order valence-electron chi connectivity index (χ2n) is 5.55. The number of nitrogens with one attached hydrogen (secondary N) is 1. The quantitative estimate of drug-likeness (QED) is 0.772. The summed E-state index contributed by atoms with van der Waals surface area (Å²) in [6, 6.07) is 1.91. The van der Waals surface area contributed by atoms with Crippen LogP contribution in [0.3, 0.4) is 0 Å². The maximum Gasteiger partial charge on any atom is 0.0637 e. The Morgan fingerprint density at radius 3 is 2.75 bits per heavy atom. The summed E-state index contributed by atoms with van der Waals surface area (Å²) in [6.45, 7) is 7.81. The molecule has 0 bridgehead atoms. The standard InChI is InChI=1S/C13H26N2O/c1-10-4-5-11(2)15(8-10)13-9-16-7-6-12(13)14-3/h10-14H,4-9H2,1-3H3. The number of ether oxygens (including phenoxy) is 1. The van der Waals surface area contributed by atoms with E-state index in [-0.39, 0.29) is 0 Å². The van der Waals surface area contributed by atoms with Crippen LogP contribution in [0, 0.1) is 5.92 Å². The van der Waals surface area contributed by atoms with Crippen molar-refractivity contribution in [3.8, 4) is 0 Å². The molecule has 0 aromatic carbocycles. The predicted molar refractivity (Wildman–Crippen MR) is 66.6 cm³/mol. The fraction of sp³-hybridized carbons (Fsp3) is 1.00. The molecule has 2 aliphatic heterocycles. The summed E-state index contributed by atoms with van der Waals surface area (Å²) in [5, 5.41) is 3.47. The molecule has 0 aliphatic carbocycles. The Kier molecular flexibility index (Phi) is 4.22. The average molecular weight is 226 g/mol. The van der Waals surface area contributed by atoms with E-state index in [9.17, 15) is 0 Å². The SMILES string of the molecule is CNC1CCOCC1N1CC(C)CCC1C. The van der Waals surface area contributed by atoms with E-state index in [0.29, 0.717) is 12.1 Å². The Morgan fingerprint density at radius 1 is 1.19 bits per heavy atom. The van der Waals surface area contributed by atoms with Gasteiger partial charge in [0.05, 0.1) is 6.61 Å². The van der Waals surface area contributed by atoms with Gasteiger partial charge in [0.25, 0.3) is 0 Å². The lowest BCUT2D eigenvalue weighted by atomic mass is 9.90. The molecule has 2 saturated heterocycles. The summed E-state index contributed by atoms with van der Waals surface area (Å²) >= 11 is 0. The van der Waals surface area contributed by atoms with Crippen LogP contribution in [0.1, 0.15) is 33.1 Å². The molecule has 3 heteroatoms. The summed E-state index contributed by atoms with van der Waals surface area (Å²) in [7, 11) is 2.08. The van der Waals surface area contributed by atoms with Crippen LogP contribution in [0.25, 0.3) is 0 Å². The van der Waals surface area contributed by atoms with Crippen LogP contribution in [0.2, 0.25) is 0 Å². The van der Waals surface area contributed by atoms with E-state index in [1.54, 1.807) is 0 Å². The molecule has 0 saturated carbocycles. The van der Waals surface area contributed by atoms with Crippen LogP contribution in [0.5, 0.6) is 0 Å². The Labute approximate surface area is 99.5 Å². The summed E-state index contributed by atoms with van der Waals surface area (Å²) in [5.74, 6) is 0.843. The molecule has 0 radical (unpaired) electrons. The van der Waals surface area contributed by atoms with Gasteiger partial charge in [0.15, 0.2) is 0 Å². The molecule has 0 amide bonds. The van der Waals surface area contributed by atoms with Crippen molar-refractivity contribution in [1.82, 2.24) is 10.2 Å². The molecular weight excluding hydrogens is 200 g/mol. The summed E-state index contributed by atoms with van der Waals surface area (Å²) in [6.07, 6.45) is 3.88. The Morgan fingerprint density at radius 2 is 2.00 bits per heavy atom. The van der Waals surface area contributed by atoms with Crippen LogP contribution >= 0.6 is 0 Å². The fourth-order valence-corrected chi connectivity index (χ4v) is 3.17. The van der Waals surface area contributed by atoms with Crippen LogP contribution in [0.4, 0.5) is 0 Å². The van der Waals surface area contributed by atoms with E-state index >= 15 is 0 Å². The van der Waals surface area contributed by atoms with Crippen molar-refractivity contribution in [3.05, 3.63) is 0 Å². The second-order valence-corrected chi connectivity index (χ2v) is 5.55. The highest BCUT2D eigenvalue weighted by atomic mass is 16.5. The van der Waals surface area contributed by atoms with Gasteiger partial charge < -0.3 is 10.1 Å². The van der Waals surface area contributed by atoms with Crippen molar-refractivity contribution in [2.75, 3.05) is 26.8 Å². The lowest BCUT2D eigenvalue weighted by Gasteiger charge is -2.46. The Balaban J connectivity index is 2.02. The summed E-state index contributed by atoms with van der Waals surface area (Å²) in [5.41, 5.74) is 0. The van der Waals surface area contributed by atoms with E-state index < -0.39 is 0 Å². The number of rotatable bonds is 2. The molecule has 4 atom stereocenters. The lowest BCUT2D eigenvalue weighted by Crippen LogP contribution is -2.59. The van der Waals surface area contributed by atoms with E-state index in [0.717, 1.165) is 31.6 Å². The number of hydrogen-bond acceptors (Lipinski definition) is 3. The van der Waals surface area contributed by atoms with Gasteiger partial charge in [0, 0.05) is 31.3 Å². The summed E-state index contributed by atoms with van der Waals surface area (Å²) in [4.78, 5) is 2.68. The van der Waals surface area contributed by atoms with E-state index in [4.69, 9.17) is 4.74 Å². The molecule has 94 valence electrons. The lowest BCUT2D eigenvalue weighted by molar-refractivity contribution is -0.0334. The molecule has 0 aromatic rings. The zero-order chi connectivity index (χ0) is 11.5. The number of likely N-dealkylation sites (N-methyl/N-ethyl adjacent to an activating group) is 1. The predicted octanol–water partition coefficient (Wildman–Crippen LogP) is 1.48. The van der Waals surface area contributed by atoms with Gasteiger partial charge in [-0.3, -0.25) is 4.90 Å². The van der Waals surface area contributed by atoms with Crippen molar-refractivity contribution >= 4 is 0 Å². The fourth-order valence-electron chi connectivity index (χ4n) is 3.17. The highest BCUT2D eigenvalue weighted by Crippen LogP contribution is 2.26. The molecule has 0 spiro atoms. The molecule has 2 rings (SSSR count). The molecule has 2 heterocycles. The smallest absolute Gasteiger partial charge is 0.0637 e. The van der Waals surface area contributed by atoms with Gasteiger partial charge in [0.1, 0.15) is 0 Å². The minimum atomic E-state index is 0.580. The second kappa shape index (κ2) is 5.48. The van der Waals surface area contributed by atoms with Crippen molar-refractivity contribution in [2.24, 2.45) is 5.92 Å². The summed E-state index contributed by atoms with van der Waals surface area (Å²) < 4.78 is 5.67. The normalized spacial score (nSPS) is 42.2. The maximum atomic E-state index is 5.67. The third-order valence-corrected chi connectivity index (χ3v) is 4.29. The molecule has 16 heavy (non-hydrogen) atoms. The molecule has 1 N–H and O–H groups in total. The Hall–Kier alpha value is -0.120. The first kappa shape index (κ1) is 12.3. The highest BCUT2D eigenvalue weighted by molar-refractivity contribution is 4.91. The number of nitrogens with zero attached hydrogens (tertiary/aromatic N) is 1. The number of hydrogen-bond donors (Lipinski definition) is 1. The van der Waals surface area contributed by atoms with Crippen LogP contribution in [-0.4, -0.2) is 49.8 Å². The van der Waals surface area contributed by atoms with Crippen LogP contribution in [0.15, 0.2) is 0 Å². The van der Waals surface area contributed by atoms with Crippen molar-refractivity contribution < 1.29 is 4.74 Å². The van der Waals surface area contributed by atoms with Crippen molar-refractivity contribution in [3.63, 3.8) is 0 Å². The zero-order valence-corrected chi connectivity index (χ0v) is 10.9. The van der Waals surface area contributed by atoms with Crippen molar-refractivity contribution in [2.45, 2.75) is 51.2 Å². The maximum absolute atomic E-state index is 5.67. The third kappa shape index (κ3) is 2.58. The first-order valence-corrected chi connectivity index (χ1v) is 6.73. The largest absolute Gasteiger partial charge is 0.380 e. The molecule has 0 aromatic heterocycles. The molecule has 2 fully saturated rings. The van der Waals surface area contributed by atoms with Gasteiger partial charge in [-0.1, -0.05) is 6.92 Å². The van der Waals surface area contributed by atoms with E-state index in [1.165, 1.54) is 19.4 Å². The molecule has 3 nitrogen and oxygen atoms in total. The molecule has 4 unspecified atom stereocenters. The minimum absolute atomic E-state index is 0.580. The van der Waals surface area contributed by atoms with Crippen molar-refractivity contribution in [1.29, 1.82) is 0 Å². The van der Waals surface area contributed by atoms with Gasteiger partial charge in [-0.25, -0.2) is 0 Å². The topological polar surface area (TPSA) is 24.5 Å².